The Morgan fingerprint density at radius 2 is 1.62 bits per heavy atom. The van der Waals surface area contributed by atoms with Crippen LogP contribution in [0.1, 0.15) is 0 Å². The number of para-hydroxylation sites is 1. The Hall–Kier alpha value is -1.19. The summed E-state index contributed by atoms with van der Waals surface area (Å²) in [6.45, 7) is 0.689. The molecule has 0 fully saturated rings. The minimum Gasteiger partial charge on any atom is -0.395 e. The molecule has 0 unspecified atom stereocenters. The SMILES string of the molecule is O=S(=O)(O)O.OCCNNc1ccccc1. The third kappa shape index (κ3) is 12.8. The third-order valence-corrected chi connectivity index (χ3v) is 1.24. The van der Waals surface area contributed by atoms with Gasteiger partial charge >= 0.3 is 10.4 Å². The van der Waals surface area contributed by atoms with Gasteiger partial charge in [0.15, 0.2) is 0 Å². The topological polar surface area (TPSA) is 119 Å². The summed E-state index contributed by atoms with van der Waals surface area (Å²) in [6.07, 6.45) is 0. The standard InChI is InChI=1S/C8H12N2O.H2O4S/c11-7-6-9-10-8-4-2-1-3-5-8;1-5(2,3)4/h1-5,9-11H,6-7H2;(H2,1,2,3,4). The molecule has 0 spiro atoms. The second-order valence-electron chi connectivity index (χ2n) is 2.59. The fraction of sp³-hybridized carbons (Fsp3) is 0.250. The fourth-order valence-electron chi connectivity index (χ4n) is 0.742. The summed E-state index contributed by atoms with van der Waals surface area (Å²) in [5.41, 5.74) is 6.79. The average Bonchev–Trinajstić information content (AvgIpc) is 2.17. The first-order chi connectivity index (χ1) is 7.43. The lowest BCUT2D eigenvalue weighted by atomic mass is 10.3. The molecule has 0 aliphatic heterocycles. The minimum atomic E-state index is -4.67. The van der Waals surface area contributed by atoms with E-state index in [2.05, 4.69) is 10.9 Å². The van der Waals surface area contributed by atoms with E-state index in [4.69, 9.17) is 22.6 Å². The van der Waals surface area contributed by atoms with Crippen molar-refractivity contribution >= 4 is 16.1 Å². The van der Waals surface area contributed by atoms with E-state index < -0.39 is 10.4 Å². The molecule has 5 N–H and O–H groups in total. The van der Waals surface area contributed by atoms with Crippen LogP contribution in [-0.4, -0.2) is 35.8 Å². The second-order valence-corrected chi connectivity index (χ2v) is 3.48. The van der Waals surface area contributed by atoms with Crippen molar-refractivity contribution in [2.24, 2.45) is 0 Å². The van der Waals surface area contributed by atoms with E-state index in [1.807, 2.05) is 30.3 Å². The third-order valence-electron chi connectivity index (χ3n) is 1.24. The Balaban J connectivity index is 0.000000385. The molecule has 16 heavy (non-hydrogen) atoms. The van der Waals surface area contributed by atoms with Crippen LogP contribution >= 0.6 is 0 Å². The molecule has 0 heterocycles. The molecular weight excluding hydrogens is 236 g/mol. The summed E-state index contributed by atoms with van der Waals surface area (Å²) in [4.78, 5) is 0. The number of hydrazine groups is 1. The van der Waals surface area contributed by atoms with Gasteiger partial charge in [-0.25, -0.2) is 5.43 Å². The normalized spacial score (nSPS) is 10.2. The van der Waals surface area contributed by atoms with Gasteiger partial charge in [-0.1, -0.05) is 18.2 Å². The average molecular weight is 250 g/mol. The molecule has 0 radical (unpaired) electrons. The van der Waals surface area contributed by atoms with E-state index in [0.29, 0.717) is 6.54 Å². The second kappa shape index (κ2) is 8.02. The molecule has 0 bridgehead atoms. The monoisotopic (exact) mass is 250 g/mol. The fourth-order valence-corrected chi connectivity index (χ4v) is 0.742. The van der Waals surface area contributed by atoms with Crippen LogP contribution in [0.4, 0.5) is 5.69 Å². The van der Waals surface area contributed by atoms with Crippen molar-refractivity contribution in [3.63, 3.8) is 0 Å². The Labute approximate surface area is 93.7 Å². The van der Waals surface area contributed by atoms with Gasteiger partial charge in [-0.2, -0.15) is 8.42 Å². The molecule has 7 nitrogen and oxygen atoms in total. The molecule has 1 rings (SSSR count). The number of anilines is 1. The number of rotatable bonds is 4. The van der Waals surface area contributed by atoms with Crippen molar-refractivity contribution < 1.29 is 22.6 Å². The molecule has 0 saturated heterocycles. The lowest BCUT2D eigenvalue weighted by Gasteiger charge is -2.05. The number of hydrogen-bond acceptors (Lipinski definition) is 5. The molecule has 1 aromatic carbocycles. The van der Waals surface area contributed by atoms with Crippen LogP contribution in [0.2, 0.25) is 0 Å². The largest absolute Gasteiger partial charge is 0.395 e. The number of nitrogens with one attached hydrogen (secondary N) is 2. The summed E-state index contributed by atoms with van der Waals surface area (Å²) in [5, 5.41) is 8.44. The quantitative estimate of drug-likeness (QED) is 0.288. The maximum atomic E-state index is 8.74. The van der Waals surface area contributed by atoms with Crippen molar-refractivity contribution in [3.05, 3.63) is 30.3 Å². The smallest absolute Gasteiger partial charge is 0.394 e. The molecular formula is C8H14N2O5S. The molecule has 0 aromatic heterocycles. The van der Waals surface area contributed by atoms with E-state index in [9.17, 15) is 0 Å². The number of aliphatic hydroxyl groups is 1. The van der Waals surface area contributed by atoms with Gasteiger partial charge in [-0.3, -0.25) is 9.11 Å². The van der Waals surface area contributed by atoms with Gasteiger partial charge in [-0.15, -0.1) is 0 Å². The van der Waals surface area contributed by atoms with Gasteiger partial charge in [0.2, 0.25) is 0 Å². The van der Waals surface area contributed by atoms with Crippen molar-refractivity contribution in [2.75, 3.05) is 18.6 Å². The summed E-state index contributed by atoms with van der Waals surface area (Å²) in [7, 11) is -4.67. The lowest BCUT2D eigenvalue weighted by molar-refractivity contribution is 0.296. The number of hydrogen-bond donors (Lipinski definition) is 5. The van der Waals surface area contributed by atoms with Crippen LogP contribution in [0.3, 0.4) is 0 Å². The van der Waals surface area contributed by atoms with Crippen molar-refractivity contribution in [3.8, 4) is 0 Å². The van der Waals surface area contributed by atoms with Crippen molar-refractivity contribution in [2.45, 2.75) is 0 Å². The Bertz CT molecular complexity index is 359. The van der Waals surface area contributed by atoms with E-state index in [1.54, 1.807) is 0 Å². The zero-order valence-corrected chi connectivity index (χ0v) is 9.18. The highest BCUT2D eigenvalue weighted by Gasteiger charge is 1.85. The highest BCUT2D eigenvalue weighted by molar-refractivity contribution is 7.79. The van der Waals surface area contributed by atoms with Crippen molar-refractivity contribution in [1.29, 1.82) is 0 Å². The van der Waals surface area contributed by atoms with Crippen LogP contribution in [0.5, 0.6) is 0 Å². The molecule has 0 amide bonds. The predicted octanol–water partition coefficient (Wildman–Crippen LogP) is -0.0574. The molecule has 8 heteroatoms. The van der Waals surface area contributed by atoms with Gasteiger partial charge in [-0.05, 0) is 12.1 Å². The zero-order chi connectivity index (χ0) is 12.4. The molecule has 1 aromatic rings. The minimum absolute atomic E-state index is 0.139. The summed E-state index contributed by atoms with van der Waals surface area (Å²) in [5.74, 6) is 0. The van der Waals surface area contributed by atoms with Crippen LogP contribution in [-0.2, 0) is 10.4 Å². The highest BCUT2D eigenvalue weighted by atomic mass is 32.3. The van der Waals surface area contributed by atoms with Gasteiger partial charge in [0.05, 0.1) is 6.61 Å². The van der Waals surface area contributed by atoms with Gasteiger partial charge in [0.25, 0.3) is 0 Å². The van der Waals surface area contributed by atoms with Crippen LogP contribution in [0, 0.1) is 0 Å². The maximum Gasteiger partial charge on any atom is 0.394 e. The summed E-state index contributed by atoms with van der Waals surface area (Å²) >= 11 is 0. The molecule has 0 aliphatic carbocycles. The molecule has 0 atom stereocenters. The van der Waals surface area contributed by atoms with Crippen LogP contribution in [0.15, 0.2) is 30.3 Å². The molecule has 0 saturated carbocycles. The summed E-state index contributed by atoms with van der Waals surface area (Å²) in [6, 6.07) is 9.75. The van der Waals surface area contributed by atoms with Gasteiger partial charge in [0, 0.05) is 12.2 Å². The first-order valence-corrected chi connectivity index (χ1v) is 5.68. The maximum absolute atomic E-state index is 8.74. The van der Waals surface area contributed by atoms with E-state index in [1.165, 1.54) is 0 Å². The van der Waals surface area contributed by atoms with E-state index in [-0.39, 0.29) is 6.61 Å². The van der Waals surface area contributed by atoms with Gasteiger partial charge < -0.3 is 10.5 Å². The first-order valence-electron chi connectivity index (χ1n) is 4.28. The molecule has 92 valence electrons. The summed E-state index contributed by atoms with van der Waals surface area (Å²) < 4.78 is 31.6. The highest BCUT2D eigenvalue weighted by Crippen LogP contribution is 2.01. The molecule has 0 aliphatic rings. The lowest BCUT2D eigenvalue weighted by Crippen LogP contribution is -2.24. The number of benzene rings is 1. The van der Waals surface area contributed by atoms with E-state index >= 15 is 0 Å². The zero-order valence-electron chi connectivity index (χ0n) is 8.37. The number of aliphatic hydroxyl groups excluding tert-OH is 1. The Morgan fingerprint density at radius 3 is 2.06 bits per heavy atom. The van der Waals surface area contributed by atoms with Crippen LogP contribution in [0.25, 0.3) is 0 Å². The predicted molar refractivity (Wildman–Crippen MR) is 59.3 cm³/mol. The van der Waals surface area contributed by atoms with Gasteiger partial charge in [0.1, 0.15) is 0 Å². The van der Waals surface area contributed by atoms with Crippen LogP contribution < -0.4 is 10.9 Å². The Morgan fingerprint density at radius 1 is 1.12 bits per heavy atom. The van der Waals surface area contributed by atoms with Crippen molar-refractivity contribution in [1.82, 2.24) is 5.43 Å². The Kier molecular flexibility index (Phi) is 7.42. The van der Waals surface area contributed by atoms with E-state index in [0.717, 1.165) is 5.69 Å². The first kappa shape index (κ1) is 14.8.